The number of hydrogen-bond donors (Lipinski definition) is 2. The number of aromatic nitrogens is 2. The molecule has 4 rings (SSSR count). The molecule has 1 aromatic carbocycles. The molecule has 0 unspecified atom stereocenters. The van der Waals surface area contributed by atoms with Gasteiger partial charge in [-0.25, -0.2) is 4.98 Å². The zero-order valence-corrected chi connectivity index (χ0v) is 17.6. The zero-order valence-electron chi connectivity index (χ0n) is 15.9. The maximum atomic E-state index is 12.6. The third-order valence-corrected chi connectivity index (χ3v) is 7.31. The number of aryl methyl sites for hydroxylation is 2. The predicted octanol–water partition coefficient (Wildman–Crippen LogP) is 4.00. The molecular formula is C21H20N4O2S2. The van der Waals surface area contributed by atoms with Crippen molar-refractivity contribution in [1.82, 2.24) is 9.97 Å². The van der Waals surface area contributed by atoms with Gasteiger partial charge in [0.25, 0.3) is 5.56 Å². The Morgan fingerprint density at radius 1 is 1.41 bits per heavy atom. The van der Waals surface area contributed by atoms with Crippen LogP contribution in [0.2, 0.25) is 0 Å². The number of nitrogens with one attached hydrogen (secondary N) is 2. The lowest BCUT2D eigenvalue weighted by Gasteiger charge is -2.12. The van der Waals surface area contributed by atoms with Crippen molar-refractivity contribution >= 4 is 44.9 Å². The third-order valence-electron chi connectivity index (χ3n) is 4.97. The fourth-order valence-corrected chi connectivity index (χ4v) is 5.50. The smallest absolute Gasteiger partial charge is 0.259 e. The van der Waals surface area contributed by atoms with E-state index >= 15 is 0 Å². The van der Waals surface area contributed by atoms with Crippen molar-refractivity contribution in [2.24, 2.45) is 0 Å². The van der Waals surface area contributed by atoms with Crippen molar-refractivity contribution in [3.63, 3.8) is 0 Å². The molecule has 0 spiro atoms. The van der Waals surface area contributed by atoms with Crippen molar-refractivity contribution in [2.75, 3.05) is 5.32 Å². The van der Waals surface area contributed by atoms with Gasteiger partial charge in [-0.05, 0) is 56.4 Å². The minimum atomic E-state index is -0.335. The molecule has 0 fully saturated rings. The van der Waals surface area contributed by atoms with Gasteiger partial charge in [-0.3, -0.25) is 9.59 Å². The van der Waals surface area contributed by atoms with Gasteiger partial charge in [0.15, 0.2) is 0 Å². The Morgan fingerprint density at radius 3 is 3.07 bits per heavy atom. The Kier molecular flexibility index (Phi) is 5.69. The SMILES string of the molecule is C[C@@H](SCc1nc2sc3c(c2c(=O)[nH]1)CCCC3)C(=O)Nc1cccc(C#N)c1. The quantitative estimate of drug-likeness (QED) is 0.645. The molecule has 1 aliphatic carbocycles. The van der Waals surface area contributed by atoms with Crippen molar-refractivity contribution in [1.29, 1.82) is 5.26 Å². The van der Waals surface area contributed by atoms with Gasteiger partial charge in [0.2, 0.25) is 5.91 Å². The first-order chi connectivity index (χ1) is 14.0. The van der Waals surface area contributed by atoms with Crippen LogP contribution in [0.4, 0.5) is 5.69 Å². The highest BCUT2D eigenvalue weighted by atomic mass is 32.2. The summed E-state index contributed by atoms with van der Waals surface area (Å²) in [6, 6.07) is 8.87. The van der Waals surface area contributed by atoms with Crippen molar-refractivity contribution < 1.29 is 4.79 Å². The normalized spacial score (nSPS) is 14.2. The summed E-state index contributed by atoms with van der Waals surface area (Å²) in [5, 5.41) is 12.2. The number of rotatable bonds is 5. The third kappa shape index (κ3) is 4.21. The number of thiophene rings is 1. The summed E-state index contributed by atoms with van der Waals surface area (Å²) in [6.45, 7) is 1.81. The largest absolute Gasteiger partial charge is 0.325 e. The number of H-pyrrole nitrogens is 1. The van der Waals surface area contributed by atoms with Crippen LogP contribution in [-0.4, -0.2) is 21.1 Å². The average Bonchev–Trinajstić information content (AvgIpc) is 3.11. The highest BCUT2D eigenvalue weighted by Gasteiger charge is 2.20. The monoisotopic (exact) mass is 424 g/mol. The zero-order chi connectivity index (χ0) is 20.4. The first-order valence-electron chi connectivity index (χ1n) is 9.51. The molecule has 0 radical (unpaired) electrons. The fraction of sp³-hybridized carbons (Fsp3) is 0.333. The number of nitriles is 1. The predicted molar refractivity (Wildman–Crippen MR) is 117 cm³/mol. The molecule has 2 heterocycles. The van der Waals surface area contributed by atoms with Crippen LogP contribution in [-0.2, 0) is 23.4 Å². The summed E-state index contributed by atoms with van der Waals surface area (Å²) in [5.41, 5.74) is 2.20. The second-order valence-corrected chi connectivity index (χ2v) is 9.45. The molecule has 2 aromatic heterocycles. The Balaban J connectivity index is 1.44. The lowest BCUT2D eigenvalue weighted by molar-refractivity contribution is -0.115. The lowest BCUT2D eigenvalue weighted by Crippen LogP contribution is -2.23. The first-order valence-corrected chi connectivity index (χ1v) is 11.4. The molecule has 0 saturated carbocycles. The second-order valence-electron chi connectivity index (χ2n) is 7.04. The fourth-order valence-electron chi connectivity index (χ4n) is 3.47. The van der Waals surface area contributed by atoms with E-state index in [0.29, 0.717) is 22.8 Å². The summed E-state index contributed by atoms with van der Waals surface area (Å²) in [7, 11) is 0. The topological polar surface area (TPSA) is 98.6 Å². The van der Waals surface area contributed by atoms with Crippen LogP contribution in [0.1, 0.15) is 41.6 Å². The number of nitrogens with zero attached hydrogens (tertiary/aromatic N) is 2. The highest BCUT2D eigenvalue weighted by Crippen LogP contribution is 2.33. The van der Waals surface area contributed by atoms with Crippen molar-refractivity contribution in [3.05, 3.63) is 56.4 Å². The van der Waals surface area contributed by atoms with Gasteiger partial charge in [0, 0.05) is 10.6 Å². The molecule has 148 valence electrons. The molecule has 0 bridgehead atoms. The number of aromatic amines is 1. The van der Waals surface area contributed by atoms with Gasteiger partial charge in [-0.15, -0.1) is 23.1 Å². The van der Waals surface area contributed by atoms with Crippen LogP contribution in [0.3, 0.4) is 0 Å². The number of benzene rings is 1. The number of carbonyl (C=O) groups excluding carboxylic acids is 1. The molecule has 0 saturated heterocycles. The van der Waals surface area contributed by atoms with Crippen molar-refractivity contribution in [3.8, 4) is 6.07 Å². The second kappa shape index (κ2) is 8.39. The van der Waals surface area contributed by atoms with Crippen LogP contribution in [0.15, 0.2) is 29.1 Å². The highest BCUT2D eigenvalue weighted by molar-refractivity contribution is 7.99. The molecule has 29 heavy (non-hydrogen) atoms. The summed E-state index contributed by atoms with van der Waals surface area (Å²) < 4.78 is 0. The number of hydrogen-bond acceptors (Lipinski definition) is 6. The minimum Gasteiger partial charge on any atom is -0.325 e. The van der Waals surface area contributed by atoms with E-state index in [1.165, 1.54) is 28.6 Å². The van der Waals surface area contributed by atoms with E-state index in [1.54, 1.807) is 35.6 Å². The van der Waals surface area contributed by atoms with Gasteiger partial charge < -0.3 is 10.3 Å². The van der Waals surface area contributed by atoms with Crippen LogP contribution >= 0.6 is 23.1 Å². The van der Waals surface area contributed by atoms with E-state index in [0.717, 1.165) is 29.5 Å². The maximum Gasteiger partial charge on any atom is 0.259 e. The average molecular weight is 425 g/mol. The number of carbonyl (C=O) groups is 1. The van der Waals surface area contributed by atoms with E-state index in [1.807, 2.05) is 6.92 Å². The Morgan fingerprint density at radius 2 is 2.24 bits per heavy atom. The lowest BCUT2D eigenvalue weighted by atomic mass is 9.97. The molecule has 0 aliphatic heterocycles. The Labute approximate surface area is 176 Å². The number of anilines is 1. The molecule has 2 N–H and O–H groups in total. The van der Waals surface area contributed by atoms with Gasteiger partial charge in [0.05, 0.1) is 28.0 Å². The standard InChI is InChI=1S/C21H20N4O2S2/c1-12(19(26)23-14-6-4-5-13(9-14)10-22)28-11-17-24-20(27)18-15-7-2-3-8-16(15)29-21(18)25-17/h4-6,9,12H,2-3,7-8,11H2,1H3,(H,23,26)(H,24,25,27)/t12-/m1/s1. The summed E-state index contributed by atoms with van der Waals surface area (Å²) >= 11 is 3.04. The minimum absolute atomic E-state index is 0.0737. The van der Waals surface area contributed by atoms with E-state index in [-0.39, 0.29) is 16.7 Å². The van der Waals surface area contributed by atoms with Gasteiger partial charge in [-0.1, -0.05) is 6.07 Å². The van der Waals surface area contributed by atoms with E-state index in [9.17, 15) is 9.59 Å². The summed E-state index contributed by atoms with van der Waals surface area (Å²) in [6.07, 6.45) is 4.28. The van der Waals surface area contributed by atoms with E-state index in [4.69, 9.17) is 5.26 Å². The van der Waals surface area contributed by atoms with Crippen LogP contribution in [0.5, 0.6) is 0 Å². The molecule has 1 amide bonds. The molecule has 3 aromatic rings. The summed E-state index contributed by atoms with van der Waals surface area (Å²) in [5.74, 6) is 0.887. The van der Waals surface area contributed by atoms with Gasteiger partial charge in [-0.2, -0.15) is 5.26 Å². The van der Waals surface area contributed by atoms with Crippen molar-refractivity contribution in [2.45, 2.75) is 43.6 Å². The molecule has 1 aliphatic rings. The van der Waals surface area contributed by atoms with Gasteiger partial charge >= 0.3 is 0 Å². The maximum absolute atomic E-state index is 12.6. The van der Waals surface area contributed by atoms with Crippen LogP contribution < -0.4 is 10.9 Å². The Hall–Kier alpha value is -2.63. The van der Waals surface area contributed by atoms with Gasteiger partial charge in [0.1, 0.15) is 10.7 Å². The molecule has 6 nitrogen and oxygen atoms in total. The molecular weight excluding hydrogens is 404 g/mol. The molecule has 1 atom stereocenters. The number of thioether (sulfide) groups is 1. The summed E-state index contributed by atoms with van der Waals surface area (Å²) in [4.78, 5) is 34.7. The Bertz CT molecular complexity index is 1180. The van der Waals surface area contributed by atoms with E-state index < -0.39 is 0 Å². The van der Waals surface area contributed by atoms with Crippen LogP contribution in [0.25, 0.3) is 10.2 Å². The number of amides is 1. The first kappa shape index (κ1) is 19.7. The van der Waals surface area contributed by atoms with E-state index in [2.05, 4.69) is 21.4 Å². The molecule has 8 heteroatoms. The van der Waals surface area contributed by atoms with Crippen LogP contribution in [0, 0.1) is 11.3 Å². The number of fused-ring (bicyclic) bond motifs is 3.